The molecule has 2 aromatic carbocycles. The van der Waals surface area contributed by atoms with Crippen molar-refractivity contribution in [2.75, 3.05) is 18.7 Å². The summed E-state index contributed by atoms with van der Waals surface area (Å²) in [7, 11) is 0. The fourth-order valence-electron chi connectivity index (χ4n) is 3.84. The van der Waals surface area contributed by atoms with E-state index in [1.165, 1.54) is 12.1 Å². The lowest BCUT2D eigenvalue weighted by molar-refractivity contribution is -0.130. The second kappa shape index (κ2) is 10.5. The van der Waals surface area contributed by atoms with E-state index in [2.05, 4.69) is 16.0 Å². The van der Waals surface area contributed by atoms with Gasteiger partial charge in [-0.2, -0.15) is 0 Å². The number of urea groups is 1. The molecule has 0 bridgehead atoms. The van der Waals surface area contributed by atoms with Crippen molar-refractivity contribution in [3.05, 3.63) is 53.8 Å². The number of benzene rings is 2. The summed E-state index contributed by atoms with van der Waals surface area (Å²) in [5.41, 5.74) is 1.34. The Bertz CT molecular complexity index is 987. The third-order valence-corrected chi connectivity index (χ3v) is 5.56. The Morgan fingerprint density at radius 2 is 1.85 bits per heavy atom. The molecule has 10 heteroatoms. The minimum Gasteiger partial charge on any atom is -0.454 e. The van der Waals surface area contributed by atoms with Gasteiger partial charge in [0.05, 0.1) is 25.2 Å². The maximum atomic E-state index is 13.0. The van der Waals surface area contributed by atoms with E-state index in [-0.39, 0.29) is 37.6 Å². The molecule has 0 spiro atoms. The highest BCUT2D eigenvalue weighted by Crippen LogP contribution is 2.34. The molecule has 1 fully saturated rings. The number of aliphatic hydroxyl groups excluding tert-OH is 1. The van der Waals surface area contributed by atoms with Gasteiger partial charge in [-0.05, 0) is 42.7 Å². The number of aliphatic hydroxyl groups is 1. The van der Waals surface area contributed by atoms with Crippen molar-refractivity contribution in [3.63, 3.8) is 0 Å². The first-order valence-corrected chi connectivity index (χ1v) is 10.7. The molecule has 3 amide bonds. The van der Waals surface area contributed by atoms with Crippen molar-refractivity contribution in [1.29, 1.82) is 0 Å². The minimum absolute atomic E-state index is 0.133. The van der Waals surface area contributed by atoms with Gasteiger partial charge < -0.3 is 35.3 Å². The number of halogens is 1. The van der Waals surface area contributed by atoms with Crippen LogP contribution in [0.2, 0.25) is 0 Å². The fraction of sp³-hybridized carbons (Fsp3) is 0.391. The molecule has 33 heavy (non-hydrogen) atoms. The van der Waals surface area contributed by atoms with Crippen LogP contribution in [-0.4, -0.2) is 48.7 Å². The molecule has 4 N–H and O–H groups in total. The van der Waals surface area contributed by atoms with Crippen molar-refractivity contribution in [2.45, 2.75) is 44.1 Å². The molecule has 4 rings (SSSR count). The number of hydrogen-bond donors (Lipinski definition) is 4. The third-order valence-electron chi connectivity index (χ3n) is 5.56. The maximum absolute atomic E-state index is 13.0. The Labute approximate surface area is 190 Å². The number of fused-ring (bicyclic) bond motifs is 1. The molecule has 0 aliphatic carbocycles. The molecule has 0 saturated carbocycles. The van der Waals surface area contributed by atoms with Gasteiger partial charge >= 0.3 is 6.03 Å². The normalized spacial score (nSPS) is 21.3. The minimum atomic E-state index is -0.629. The predicted molar refractivity (Wildman–Crippen MR) is 116 cm³/mol. The molecule has 2 heterocycles. The molecule has 9 nitrogen and oxygen atoms in total. The zero-order valence-corrected chi connectivity index (χ0v) is 17.9. The van der Waals surface area contributed by atoms with Gasteiger partial charge in [-0.1, -0.05) is 12.1 Å². The Morgan fingerprint density at radius 1 is 1.06 bits per heavy atom. The molecule has 2 aromatic rings. The number of carbonyl (C=O) groups excluding carboxylic acids is 2. The molecule has 0 unspecified atom stereocenters. The number of amides is 3. The highest BCUT2D eigenvalue weighted by Gasteiger charge is 2.33. The van der Waals surface area contributed by atoms with Crippen LogP contribution in [0.3, 0.4) is 0 Å². The van der Waals surface area contributed by atoms with Gasteiger partial charge in [0.2, 0.25) is 12.7 Å². The van der Waals surface area contributed by atoms with Crippen LogP contribution in [-0.2, 0) is 16.1 Å². The summed E-state index contributed by atoms with van der Waals surface area (Å²) >= 11 is 0. The molecule has 3 atom stereocenters. The van der Waals surface area contributed by atoms with Gasteiger partial charge in [0.1, 0.15) is 11.9 Å². The average molecular weight is 459 g/mol. The maximum Gasteiger partial charge on any atom is 0.319 e. The standard InChI is InChI=1S/C23H26FN3O6/c24-15-3-1-14(2-4-15)11-25-22(29)10-17-6-7-18(21(12-28)33-17)27-23(30)26-16-5-8-19-20(9-16)32-13-31-19/h1-5,8-9,17-18,21,28H,6-7,10-13H2,(H,25,29)(H2,26,27,30)/t17-,18-,21+/m1/s1. The zero-order chi connectivity index (χ0) is 23.2. The smallest absolute Gasteiger partial charge is 0.319 e. The summed E-state index contributed by atoms with van der Waals surface area (Å²) < 4.78 is 29.4. The monoisotopic (exact) mass is 459 g/mol. The van der Waals surface area contributed by atoms with Crippen LogP contribution >= 0.6 is 0 Å². The second-order valence-electron chi connectivity index (χ2n) is 7.94. The first kappa shape index (κ1) is 22.8. The number of hydrogen-bond acceptors (Lipinski definition) is 6. The average Bonchev–Trinajstić information content (AvgIpc) is 3.27. The molecular weight excluding hydrogens is 433 g/mol. The highest BCUT2D eigenvalue weighted by molar-refractivity contribution is 5.90. The Balaban J connectivity index is 1.22. The molecule has 0 radical (unpaired) electrons. The number of rotatable bonds is 7. The van der Waals surface area contributed by atoms with Gasteiger partial charge in [-0.3, -0.25) is 4.79 Å². The van der Waals surface area contributed by atoms with Crippen LogP contribution in [0.15, 0.2) is 42.5 Å². The third kappa shape index (κ3) is 6.11. The van der Waals surface area contributed by atoms with Crippen LogP contribution < -0.4 is 25.4 Å². The van der Waals surface area contributed by atoms with Crippen molar-refractivity contribution in [3.8, 4) is 11.5 Å². The summed E-state index contributed by atoms with van der Waals surface area (Å²) in [4.78, 5) is 24.7. The van der Waals surface area contributed by atoms with Gasteiger partial charge in [0.25, 0.3) is 0 Å². The summed E-state index contributed by atoms with van der Waals surface area (Å²) in [6.07, 6.45) is 0.236. The molecule has 1 saturated heterocycles. The Morgan fingerprint density at radius 3 is 2.64 bits per heavy atom. The quantitative estimate of drug-likeness (QED) is 0.505. The van der Waals surface area contributed by atoms with E-state index in [1.54, 1.807) is 30.3 Å². The summed E-state index contributed by atoms with van der Waals surface area (Å²) in [5.74, 6) is 0.647. The van der Waals surface area contributed by atoms with E-state index in [0.29, 0.717) is 36.6 Å². The largest absolute Gasteiger partial charge is 0.454 e. The molecule has 0 aromatic heterocycles. The van der Waals surface area contributed by atoms with E-state index >= 15 is 0 Å². The molecule has 2 aliphatic rings. The number of ether oxygens (including phenoxy) is 3. The van der Waals surface area contributed by atoms with Gasteiger partial charge in [0, 0.05) is 18.3 Å². The SMILES string of the molecule is O=C(C[C@H]1CC[C@@H](NC(=O)Nc2ccc3c(c2)OCO3)[C@H](CO)O1)NCc1ccc(F)cc1. The first-order valence-electron chi connectivity index (χ1n) is 10.7. The van der Waals surface area contributed by atoms with Crippen LogP contribution in [0, 0.1) is 5.82 Å². The lowest BCUT2D eigenvalue weighted by Gasteiger charge is -2.35. The predicted octanol–water partition coefficient (Wildman–Crippen LogP) is 2.29. The van der Waals surface area contributed by atoms with Crippen molar-refractivity contribution in [1.82, 2.24) is 10.6 Å². The van der Waals surface area contributed by atoms with Gasteiger partial charge in [-0.15, -0.1) is 0 Å². The highest BCUT2D eigenvalue weighted by atomic mass is 19.1. The van der Waals surface area contributed by atoms with Crippen molar-refractivity contribution in [2.24, 2.45) is 0 Å². The van der Waals surface area contributed by atoms with E-state index in [0.717, 1.165) is 5.56 Å². The van der Waals surface area contributed by atoms with E-state index in [9.17, 15) is 19.1 Å². The summed E-state index contributed by atoms with van der Waals surface area (Å²) in [6, 6.07) is 10.2. The summed E-state index contributed by atoms with van der Waals surface area (Å²) in [6.45, 7) is 0.149. The molecule has 176 valence electrons. The summed E-state index contributed by atoms with van der Waals surface area (Å²) in [5, 5.41) is 18.1. The van der Waals surface area contributed by atoms with Gasteiger partial charge in [0.15, 0.2) is 11.5 Å². The van der Waals surface area contributed by atoms with E-state index in [1.807, 2.05) is 0 Å². The Kier molecular flexibility index (Phi) is 7.26. The van der Waals surface area contributed by atoms with E-state index in [4.69, 9.17) is 14.2 Å². The second-order valence-corrected chi connectivity index (χ2v) is 7.94. The fourth-order valence-corrected chi connectivity index (χ4v) is 3.84. The molecule has 2 aliphatic heterocycles. The topological polar surface area (TPSA) is 118 Å². The van der Waals surface area contributed by atoms with Crippen LogP contribution in [0.5, 0.6) is 11.5 Å². The number of anilines is 1. The van der Waals surface area contributed by atoms with Crippen molar-refractivity contribution >= 4 is 17.6 Å². The van der Waals surface area contributed by atoms with Gasteiger partial charge in [-0.25, -0.2) is 9.18 Å². The number of nitrogens with one attached hydrogen (secondary N) is 3. The van der Waals surface area contributed by atoms with Crippen LogP contribution in [0.25, 0.3) is 0 Å². The lowest BCUT2D eigenvalue weighted by atomic mass is 9.97. The number of carbonyl (C=O) groups is 2. The van der Waals surface area contributed by atoms with Crippen molar-refractivity contribution < 1.29 is 33.3 Å². The van der Waals surface area contributed by atoms with E-state index < -0.39 is 18.2 Å². The first-order chi connectivity index (χ1) is 16.0. The van der Waals surface area contributed by atoms with Crippen LogP contribution in [0.4, 0.5) is 14.9 Å². The molecular formula is C23H26FN3O6. The zero-order valence-electron chi connectivity index (χ0n) is 17.9. The Hall–Kier alpha value is -3.37. The van der Waals surface area contributed by atoms with Crippen LogP contribution in [0.1, 0.15) is 24.8 Å². The lowest BCUT2D eigenvalue weighted by Crippen LogP contribution is -2.52.